The number of methoxy groups -OCH3 is 1. The summed E-state index contributed by atoms with van der Waals surface area (Å²) in [5.41, 5.74) is 1.19. The second kappa shape index (κ2) is 5.49. The number of carboxylic acids is 1. The van der Waals surface area contributed by atoms with Crippen LogP contribution in [0.4, 0.5) is 0 Å². The topological polar surface area (TPSA) is 99.9 Å². The van der Waals surface area contributed by atoms with E-state index in [9.17, 15) is 20.1 Å². The van der Waals surface area contributed by atoms with Crippen LogP contribution in [0.1, 0.15) is 10.4 Å². The van der Waals surface area contributed by atoms with Gasteiger partial charge in [-0.05, 0) is 35.9 Å². The molecule has 0 aliphatic rings. The summed E-state index contributed by atoms with van der Waals surface area (Å²) < 4.78 is 5.06. The minimum atomic E-state index is -1.13. The van der Waals surface area contributed by atoms with Crippen molar-refractivity contribution >= 4 is 16.9 Å². The van der Waals surface area contributed by atoms with Crippen molar-refractivity contribution < 1.29 is 24.9 Å². The van der Waals surface area contributed by atoms with Gasteiger partial charge in [-0.2, -0.15) is 0 Å². The molecule has 0 aliphatic carbocycles. The Morgan fingerprint density at radius 1 is 1.13 bits per heavy atom. The first-order valence-corrected chi connectivity index (χ1v) is 6.74. The van der Waals surface area contributed by atoms with Gasteiger partial charge in [0.1, 0.15) is 11.3 Å². The zero-order valence-corrected chi connectivity index (χ0v) is 12.1. The number of ether oxygens (including phenoxy) is 1. The summed E-state index contributed by atoms with van der Waals surface area (Å²) in [5.74, 6) is -1.24. The second-order valence-corrected chi connectivity index (χ2v) is 4.91. The SMILES string of the molecule is COc1cc(C(=O)O)cc(-c2ccc(O)c3ncccc23)c1O. The van der Waals surface area contributed by atoms with E-state index in [1.807, 2.05) is 0 Å². The van der Waals surface area contributed by atoms with Crippen molar-refractivity contribution in [2.24, 2.45) is 0 Å². The number of hydrogen-bond acceptors (Lipinski definition) is 5. The molecular formula is C17H13NO5. The van der Waals surface area contributed by atoms with Crippen molar-refractivity contribution in [1.29, 1.82) is 0 Å². The fraction of sp³-hybridized carbons (Fsp3) is 0.0588. The standard InChI is InChI=1S/C17H13NO5/c1-23-14-8-9(17(21)22)7-12(16(14)20)10-4-5-13(19)15-11(10)3-2-6-18-15/h2-8,19-20H,1H3,(H,21,22). The Labute approximate surface area is 131 Å². The molecule has 0 atom stereocenters. The fourth-order valence-corrected chi connectivity index (χ4v) is 2.48. The van der Waals surface area contributed by atoms with Crippen LogP contribution in [-0.2, 0) is 0 Å². The zero-order chi connectivity index (χ0) is 16.6. The van der Waals surface area contributed by atoms with Gasteiger partial charge in [-0.1, -0.05) is 6.07 Å². The van der Waals surface area contributed by atoms with E-state index < -0.39 is 5.97 Å². The van der Waals surface area contributed by atoms with Gasteiger partial charge < -0.3 is 20.1 Å². The molecule has 3 aromatic rings. The molecule has 0 saturated heterocycles. The molecule has 0 fully saturated rings. The monoisotopic (exact) mass is 311 g/mol. The van der Waals surface area contributed by atoms with Crippen LogP contribution in [0.25, 0.3) is 22.0 Å². The number of fused-ring (bicyclic) bond motifs is 1. The molecule has 0 spiro atoms. The van der Waals surface area contributed by atoms with E-state index in [1.165, 1.54) is 25.3 Å². The zero-order valence-electron chi connectivity index (χ0n) is 12.1. The summed E-state index contributed by atoms with van der Waals surface area (Å²) in [4.78, 5) is 15.4. The molecule has 0 bridgehead atoms. The molecule has 116 valence electrons. The lowest BCUT2D eigenvalue weighted by molar-refractivity contribution is 0.0696. The number of pyridine rings is 1. The van der Waals surface area contributed by atoms with Crippen LogP contribution in [0.5, 0.6) is 17.2 Å². The number of aromatic hydroxyl groups is 2. The predicted octanol–water partition coefficient (Wildman–Crippen LogP) is 3.02. The summed E-state index contributed by atoms with van der Waals surface area (Å²) in [6, 6.07) is 9.09. The highest BCUT2D eigenvalue weighted by molar-refractivity contribution is 6.01. The van der Waals surface area contributed by atoms with Crippen LogP contribution < -0.4 is 4.74 Å². The predicted molar refractivity (Wildman–Crippen MR) is 84.0 cm³/mol. The van der Waals surface area contributed by atoms with E-state index in [4.69, 9.17) is 4.74 Å². The summed E-state index contributed by atoms with van der Waals surface area (Å²) in [5, 5.41) is 30.1. The van der Waals surface area contributed by atoms with Crippen LogP contribution in [-0.4, -0.2) is 33.4 Å². The van der Waals surface area contributed by atoms with Crippen molar-refractivity contribution in [2.75, 3.05) is 7.11 Å². The van der Waals surface area contributed by atoms with Crippen LogP contribution in [0.3, 0.4) is 0 Å². The molecule has 1 heterocycles. The maximum Gasteiger partial charge on any atom is 0.335 e. The Morgan fingerprint density at radius 3 is 2.61 bits per heavy atom. The number of hydrogen-bond donors (Lipinski definition) is 3. The number of carbonyl (C=O) groups is 1. The maximum atomic E-state index is 11.3. The summed E-state index contributed by atoms with van der Waals surface area (Å²) in [7, 11) is 1.35. The van der Waals surface area contributed by atoms with Gasteiger partial charge in [0.05, 0.1) is 12.7 Å². The van der Waals surface area contributed by atoms with Crippen molar-refractivity contribution in [2.45, 2.75) is 0 Å². The van der Waals surface area contributed by atoms with Crippen LogP contribution in [0.15, 0.2) is 42.6 Å². The molecule has 0 unspecified atom stereocenters. The van der Waals surface area contributed by atoms with E-state index in [-0.39, 0.29) is 22.8 Å². The summed E-state index contributed by atoms with van der Waals surface area (Å²) in [6.07, 6.45) is 1.54. The molecule has 2 aromatic carbocycles. The number of phenolic OH excluding ortho intramolecular Hbond substituents is 2. The first-order valence-electron chi connectivity index (χ1n) is 6.74. The molecule has 3 N–H and O–H groups in total. The van der Waals surface area contributed by atoms with E-state index in [1.54, 1.807) is 24.4 Å². The van der Waals surface area contributed by atoms with Gasteiger partial charge in [0.15, 0.2) is 11.5 Å². The van der Waals surface area contributed by atoms with E-state index in [0.717, 1.165) is 0 Å². The van der Waals surface area contributed by atoms with Crippen molar-refractivity contribution in [3.8, 4) is 28.4 Å². The highest BCUT2D eigenvalue weighted by Gasteiger charge is 2.18. The normalized spacial score (nSPS) is 10.7. The Morgan fingerprint density at radius 2 is 1.91 bits per heavy atom. The molecule has 0 saturated carbocycles. The van der Waals surface area contributed by atoms with Gasteiger partial charge in [-0.25, -0.2) is 4.79 Å². The largest absolute Gasteiger partial charge is 0.506 e. The number of nitrogens with zero attached hydrogens (tertiary/aromatic N) is 1. The molecule has 6 nitrogen and oxygen atoms in total. The molecule has 1 aromatic heterocycles. The molecule has 6 heteroatoms. The van der Waals surface area contributed by atoms with Crippen LogP contribution in [0, 0.1) is 0 Å². The van der Waals surface area contributed by atoms with Gasteiger partial charge in [0, 0.05) is 17.1 Å². The first-order chi connectivity index (χ1) is 11.0. The van der Waals surface area contributed by atoms with E-state index in [2.05, 4.69) is 4.98 Å². The Bertz CT molecular complexity index is 920. The van der Waals surface area contributed by atoms with E-state index in [0.29, 0.717) is 22.0 Å². The lowest BCUT2D eigenvalue weighted by atomic mass is 9.97. The number of rotatable bonds is 3. The number of carboxylic acid groups (broad SMARTS) is 1. The third kappa shape index (κ3) is 2.40. The van der Waals surface area contributed by atoms with Crippen molar-refractivity contribution in [1.82, 2.24) is 4.98 Å². The third-order valence-corrected chi connectivity index (χ3v) is 3.58. The number of benzene rings is 2. The van der Waals surface area contributed by atoms with E-state index >= 15 is 0 Å². The Balaban J connectivity index is 2.37. The van der Waals surface area contributed by atoms with Crippen molar-refractivity contribution in [3.05, 3.63) is 48.2 Å². The van der Waals surface area contributed by atoms with Gasteiger partial charge in [0.25, 0.3) is 0 Å². The van der Waals surface area contributed by atoms with Gasteiger partial charge >= 0.3 is 5.97 Å². The second-order valence-electron chi connectivity index (χ2n) is 4.91. The fourth-order valence-electron chi connectivity index (χ4n) is 2.48. The number of aromatic carboxylic acids is 1. The molecule has 0 amide bonds. The molecule has 0 aliphatic heterocycles. The molecular weight excluding hydrogens is 298 g/mol. The van der Waals surface area contributed by atoms with Crippen LogP contribution >= 0.6 is 0 Å². The first kappa shape index (κ1) is 14.6. The minimum Gasteiger partial charge on any atom is -0.506 e. The van der Waals surface area contributed by atoms with Gasteiger partial charge in [-0.15, -0.1) is 0 Å². The Kier molecular flexibility index (Phi) is 3.50. The van der Waals surface area contributed by atoms with Crippen LogP contribution in [0.2, 0.25) is 0 Å². The average molecular weight is 311 g/mol. The number of phenols is 2. The molecule has 23 heavy (non-hydrogen) atoms. The molecule has 3 rings (SSSR count). The highest BCUT2D eigenvalue weighted by Crippen LogP contribution is 2.42. The lowest BCUT2D eigenvalue weighted by Crippen LogP contribution is -1.99. The third-order valence-electron chi connectivity index (χ3n) is 3.58. The maximum absolute atomic E-state index is 11.3. The quantitative estimate of drug-likeness (QED) is 0.687. The van der Waals surface area contributed by atoms with Crippen molar-refractivity contribution in [3.63, 3.8) is 0 Å². The Hall–Kier alpha value is -3.28. The van der Waals surface area contributed by atoms with Gasteiger partial charge in [-0.3, -0.25) is 4.98 Å². The summed E-state index contributed by atoms with van der Waals surface area (Å²) in [6.45, 7) is 0. The smallest absolute Gasteiger partial charge is 0.335 e. The van der Waals surface area contributed by atoms with Gasteiger partial charge in [0.2, 0.25) is 0 Å². The minimum absolute atomic E-state index is 0.00481. The lowest BCUT2D eigenvalue weighted by Gasteiger charge is -2.13. The molecule has 0 radical (unpaired) electrons. The number of aromatic nitrogens is 1. The summed E-state index contributed by atoms with van der Waals surface area (Å²) >= 11 is 0. The highest BCUT2D eigenvalue weighted by atomic mass is 16.5. The average Bonchev–Trinajstić information content (AvgIpc) is 2.56.